The Balaban J connectivity index is 1.71. The molecule has 8 atom stereocenters. The van der Waals surface area contributed by atoms with Crippen LogP contribution < -0.4 is 0 Å². The summed E-state index contributed by atoms with van der Waals surface area (Å²) in [6.07, 6.45) is -0.994. The van der Waals surface area contributed by atoms with Gasteiger partial charge in [-0.3, -0.25) is 14.5 Å². The van der Waals surface area contributed by atoms with Crippen LogP contribution in [0.1, 0.15) is 46.5 Å². The Kier molecular flexibility index (Phi) is 7.32. The summed E-state index contributed by atoms with van der Waals surface area (Å²) in [6, 6.07) is 0. The second-order valence-electron chi connectivity index (χ2n) is 11.0. The molecule has 0 bridgehead atoms. The number of carboxylic acids is 1. The van der Waals surface area contributed by atoms with Crippen LogP contribution in [0, 0.1) is 48.8 Å². The fourth-order valence-electron chi connectivity index (χ4n) is 7.39. The van der Waals surface area contributed by atoms with E-state index in [0.29, 0.717) is 29.9 Å². The molecule has 16 heteroatoms. The third-order valence-electron chi connectivity index (χ3n) is 9.25. The number of Topliss-reactive ketones (excluding diaryl/α,β-unsaturated/α-hetero) is 1. The highest BCUT2D eigenvalue weighted by atomic mass is 35.5. The maximum Gasteiger partial charge on any atom is 0.339 e. The zero-order valence-electron chi connectivity index (χ0n) is 21.7. The molecule has 4 rings (SSSR count). The number of hydrogen-bond acceptors (Lipinski definition) is 12. The number of allylic oxidation sites excluding steroid dienone is 2. The lowest BCUT2D eigenvalue weighted by Crippen LogP contribution is -2.60. The van der Waals surface area contributed by atoms with Crippen LogP contribution in [-0.4, -0.2) is 63.4 Å². The van der Waals surface area contributed by atoms with Crippen LogP contribution in [0.4, 0.5) is 0 Å². The van der Waals surface area contributed by atoms with Crippen LogP contribution in [0.25, 0.3) is 0 Å². The minimum atomic E-state index is -2.74. The monoisotopic (exact) mass is 586 g/mol. The van der Waals surface area contributed by atoms with Crippen LogP contribution in [-0.2, 0) is 38.3 Å². The first kappa shape index (κ1) is 29.2. The smallest absolute Gasteiger partial charge is 0.339 e. The van der Waals surface area contributed by atoms with Crippen LogP contribution >= 0.6 is 11.6 Å². The van der Waals surface area contributed by atoms with E-state index in [-0.39, 0.29) is 30.8 Å². The van der Waals surface area contributed by atoms with Crippen LogP contribution in [0.2, 0.25) is 0 Å². The van der Waals surface area contributed by atoms with Crippen molar-refractivity contribution in [1.82, 2.24) is 0 Å². The highest BCUT2D eigenvalue weighted by molar-refractivity contribution is 6.32. The number of hydrogen-bond donors (Lipinski definition) is 1. The number of cyclic esters (lactones) is 1. The van der Waals surface area contributed by atoms with E-state index in [9.17, 15) is 44.5 Å². The van der Waals surface area contributed by atoms with E-state index in [1.807, 2.05) is 13.0 Å². The summed E-state index contributed by atoms with van der Waals surface area (Å²) >= 11 is 6.64. The van der Waals surface area contributed by atoms with Gasteiger partial charge in [-0.05, 0) is 55.9 Å². The van der Waals surface area contributed by atoms with Gasteiger partial charge in [-0.25, -0.2) is 14.4 Å². The largest absolute Gasteiger partial charge is 0.480 e. The Bertz CT molecular complexity index is 1250. The van der Waals surface area contributed by atoms with Crippen LogP contribution in [0.3, 0.4) is 0 Å². The Morgan fingerprint density at radius 2 is 1.70 bits per heavy atom. The van der Waals surface area contributed by atoms with Crippen molar-refractivity contribution < 1.29 is 53.6 Å². The van der Waals surface area contributed by atoms with Crippen molar-refractivity contribution in [2.75, 3.05) is 6.61 Å². The van der Waals surface area contributed by atoms with E-state index in [1.165, 1.54) is 13.0 Å². The van der Waals surface area contributed by atoms with Gasteiger partial charge in [0.1, 0.15) is 6.61 Å². The zero-order valence-corrected chi connectivity index (χ0v) is 22.5. The van der Waals surface area contributed by atoms with Crippen molar-refractivity contribution in [3.05, 3.63) is 43.0 Å². The summed E-state index contributed by atoms with van der Waals surface area (Å²) < 4.78 is 11.0. The van der Waals surface area contributed by atoms with Crippen molar-refractivity contribution in [3.63, 3.8) is 0 Å². The average Bonchev–Trinajstić information content (AvgIpc) is 3.15. The summed E-state index contributed by atoms with van der Waals surface area (Å²) in [4.78, 5) is 80.0. The molecule has 0 saturated heterocycles. The van der Waals surface area contributed by atoms with Crippen molar-refractivity contribution >= 4 is 35.3 Å². The Hall–Kier alpha value is -3.75. The Morgan fingerprint density at radius 1 is 1.10 bits per heavy atom. The summed E-state index contributed by atoms with van der Waals surface area (Å²) in [5.41, 5.74) is -2.81. The molecule has 3 aliphatic carbocycles. The molecule has 0 aromatic rings. The van der Waals surface area contributed by atoms with Gasteiger partial charge in [0.2, 0.25) is 12.2 Å². The van der Waals surface area contributed by atoms with Gasteiger partial charge in [0.25, 0.3) is 10.2 Å². The Morgan fingerprint density at radius 3 is 2.27 bits per heavy atom. The first-order valence-corrected chi connectivity index (χ1v) is 12.8. The van der Waals surface area contributed by atoms with Gasteiger partial charge in [0.15, 0.2) is 11.4 Å². The molecule has 0 radical (unpaired) electrons. The first-order valence-electron chi connectivity index (χ1n) is 12.4. The highest BCUT2D eigenvalue weighted by Gasteiger charge is 2.68. The normalized spacial score (nSPS) is 35.7. The van der Waals surface area contributed by atoms with E-state index in [2.05, 4.69) is 9.68 Å². The molecule has 2 saturated carbocycles. The van der Waals surface area contributed by atoms with Crippen molar-refractivity contribution in [2.45, 2.75) is 64.3 Å². The molecule has 15 nitrogen and oxygen atoms in total. The molecular formula is C24H27ClN2O13. The third kappa shape index (κ3) is 4.45. The second-order valence-corrected chi connectivity index (χ2v) is 11.4. The number of nitrogens with zero attached hydrogens (tertiary/aromatic N) is 2. The standard InChI is InChI=1S/C24H27ClN2O13/c1-11(28)24(38-21(32)19(40-27(35)36)18(20(30)31)39-26(33)34)7-5-14-12-8-16(25)15-9-17(29)37-10-22(15,2)13(12)4-6-23(14,24)3/h8-9,12-14,18-19H,4-7,10H2,1-3H3,(H,30,31)/t12-,13+,14+,18?,19?,22-,23+,24+/m1/s1. The molecule has 40 heavy (non-hydrogen) atoms. The SMILES string of the molecule is CC(=O)[C@@]1(OC(=O)C(O[N+](=O)[O-])C(O[N+](=O)[O-])C(=O)O)CC[C@H]2[C@@H]3C=C(Cl)C4=CC(=O)OC[C@]4(C)[C@H]3CC[C@@]21C. The zero-order chi connectivity index (χ0) is 29.8. The molecule has 0 aromatic heterocycles. The lowest BCUT2D eigenvalue weighted by Gasteiger charge is -2.57. The van der Waals surface area contributed by atoms with Crippen molar-refractivity contribution in [1.29, 1.82) is 0 Å². The fourth-order valence-corrected chi connectivity index (χ4v) is 7.80. The van der Waals surface area contributed by atoms with Crippen LogP contribution in [0.15, 0.2) is 22.8 Å². The third-order valence-corrected chi connectivity index (χ3v) is 9.58. The van der Waals surface area contributed by atoms with E-state index in [0.717, 1.165) is 0 Å². The van der Waals surface area contributed by atoms with E-state index in [4.69, 9.17) is 21.1 Å². The number of carboxylic acid groups (broad SMARTS) is 1. The Labute approximate surface area is 231 Å². The van der Waals surface area contributed by atoms with E-state index < -0.39 is 62.5 Å². The predicted octanol–water partition coefficient (Wildman–Crippen LogP) is 2.16. The molecule has 4 aliphatic rings. The molecule has 1 N–H and O–H groups in total. The summed E-state index contributed by atoms with van der Waals surface area (Å²) in [5, 5.41) is 28.6. The maximum atomic E-state index is 13.2. The number of carbonyl (C=O) groups excluding carboxylic acids is 3. The summed E-state index contributed by atoms with van der Waals surface area (Å²) in [7, 11) is 0. The second kappa shape index (κ2) is 10.0. The quantitative estimate of drug-likeness (QED) is 0.233. The molecular weight excluding hydrogens is 560 g/mol. The van der Waals surface area contributed by atoms with E-state index >= 15 is 0 Å². The fraction of sp³-hybridized carbons (Fsp3) is 0.667. The molecule has 1 aliphatic heterocycles. The summed E-state index contributed by atoms with van der Waals surface area (Å²) in [6.45, 7) is 5.00. The molecule has 1 heterocycles. The van der Waals surface area contributed by atoms with Crippen LogP contribution in [0.5, 0.6) is 0 Å². The molecule has 218 valence electrons. The molecule has 0 amide bonds. The van der Waals surface area contributed by atoms with Gasteiger partial charge >= 0.3 is 17.9 Å². The van der Waals surface area contributed by atoms with Crippen molar-refractivity contribution in [3.8, 4) is 0 Å². The molecule has 0 spiro atoms. The van der Waals surface area contributed by atoms with Gasteiger partial charge in [0, 0.05) is 21.9 Å². The molecule has 2 fully saturated rings. The number of aliphatic carboxylic acids is 1. The number of ether oxygens (including phenoxy) is 2. The van der Waals surface area contributed by atoms with Gasteiger partial charge in [-0.1, -0.05) is 31.5 Å². The lowest BCUT2D eigenvalue weighted by molar-refractivity contribution is -0.792. The van der Waals surface area contributed by atoms with Gasteiger partial charge in [-0.15, -0.1) is 20.2 Å². The summed E-state index contributed by atoms with van der Waals surface area (Å²) in [5.74, 6) is -5.39. The number of rotatable bonds is 9. The highest BCUT2D eigenvalue weighted by Crippen LogP contribution is 2.67. The topological polar surface area (TPSA) is 212 Å². The number of carbonyl (C=O) groups is 4. The van der Waals surface area contributed by atoms with Gasteiger partial charge < -0.3 is 14.6 Å². The van der Waals surface area contributed by atoms with Gasteiger partial charge in [0.05, 0.1) is 0 Å². The van der Waals surface area contributed by atoms with Crippen molar-refractivity contribution in [2.24, 2.45) is 28.6 Å². The number of esters is 2. The maximum absolute atomic E-state index is 13.2. The molecule has 0 aromatic carbocycles. The minimum Gasteiger partial charge on any atom is -0.480 e. The number of fused-ring (bicyclic) bond motifs is 5. The lowest BCUT2D eigenvalue weighted by atomic mass is 9.49. The average molecular weight is 587 g/mol. The minimum absolute atomic E-state index is 0.00265. The molecule has 2 unspecified atom stereocenters. The van der Waals surface area contributed by atoms with Gasteiger partial charge in [-0.2, -0.15) is 0 Å². The predicted molar refractivity (Wildman–Crippen MR) is 129 cm³/mol. The first-order chi connectivity index (χ1) is 18.6. The number of ketones is 1. The number of halogens is 1. The van der Waals surface area contributed by atoms with E-state index in [1.54, 1.807) is 6.92 Å².